The molecule has 0 spiro atoms. The van der Waals surface area contributed by atoms with Gasteiger partial charge in [0.1, 0.15) is 6.04 Å². The van der Waals surface area contributed by atoms with Crippen LogP contribution >= 0.6 is 0 Å². The number of rotatable bonds is 13. The summed E-state index contributed by atoms with van der Waals surface area (Å²) >= 11 is 0. The van der Waals surface area contributed by atoms with E-state index < -0.39 is 12.1 Å². The van der Waals surface area contributed by atoms with E-state index in [4.69, 9.17) is 24.4 Å². The Kier molecular flexibility index (Phi) is 13.6. The number of nitrogens with one attached hydrogen (secondary N) is 1. The largest absolute Gasteiger partial charge is 0.453 e. The topological polar surface area (TPSA) is 138 Å². The van der Waals surface area contributed by atoms with E-state index >= 15 is 0 Å². The van der Waals surface area contributed by atoms with Gasteiger partial charge in [-0.15, -0.1) is 0 Å². The Morgan fingerprint density at radius 3 is 2.10 bits per heavy atom. The molecule has 3 saturated heterocycles. The SMILES string of the molecule is C=N/C(=C\N=C(C)[C@@H]1CCCN1C(=O)[C@@H](C)C(C)C)c1ccc(-c2ccc(-c3ccc(N=C(C)[C@@H]4CCCN4C(=O)[C@@H](NC(=O)OC)C(C)C)c(C)c3)c3c2C2CCC3O2)nc1. The Morgan fingerprint density at radius 2 is 1.50 bits per heavy atom. The average molecular weight is 842 g/mol. The van der Waals surface area contributed by atoms with Gasteiger partial charge in [-0.2, -0.15) is 0 Å². The number of carbonyl (C=O) groups excluding carboxylic acids is 3. The molecular weight excluding hydrogens is 779 g/mol. The maximum Gasteiger partial charge on any atom is 0.407 e. The summed E-state index contributed by atoms with van der Waals surface area (Å²) in [7, 11) is 1.30. The molecule has 1 aromatic heterocycles. The molecule has 2 aromatic carbocycles. The number of fused-ring (bicyclic) bond motifs is 5. The van der Waals surface area contributed by atoms with E-state index in [2.05, 4.69) is 68.1 Å². The number of aromatic nitrogens is 1. The molecule has 12 nitrogen and oxygen atoms in total. The summed E-state index contributed by atoms with van der Waals surface area (Å²) in [6, 6.07) is 14.0. The van der Waals surface area contributed by atoms with Gasteiger partial charge >= 0.3 is 6.09 Å². The highest BCUT2D eigenvalue weighted by Crippen LogP contribution is 2.56. The Morgan fingerprint density at radius 1 is 0.855 bits per heavy atom. The van der Waals surface area contributed by atoms with Crippen molar-refractivity contribution >= 4 is 47.4 Å². The lowest BCUT2D eigenvalue weighted by molar-refractivity contribution is -0.136. The molecule has 2 bridgehead atoms. The summed E-state index contributed by atoms with van der Waals surface area (Å²) in [6.45, 7) is 21.3. The van der Waals surface area contributed by atoms with Crippen LogP contribution in [0.25, 0.3) is 28.1 Å². The van der Waals surface area contributed by atoms with Crippen molar-refractivity contribution in [1.82, 2.24) is 20.1 Å². The third kappa shape index (κ3) is 8.89. The smallest absolute Gasteiger partial charge is 0.407 e. The first kappa shape index (κ1) is 44.6. The van der Waals surface area contributed by atoms with Crippen molar-refractivity contribution in [2.24, 2.45) is 32.7 Å². The van der Waals surface area contributed by atoms with E-state index in [0.717, 1.165) is 95.7 Å². The zero-order valence-electron chi connectivity index (χ0n) is 37.9. The van der Waals surface area contributed by atoms with E-state index in [0.29, 0.717) is 12.2 Å². The molecule has 3 amide bonds. The molecule has 4 aliphatic heterocycles. The van der Waals surface area contributed by atoms with Crippen molar-refractivity contribution in [2.75, 3.05) is 20.2 Å². The zero-order valence-corrected chi connectivity index (χ0v) is 37.9. The Hall–Kier alpha value is -5.49. The predicted molar refractivity (Wildman–Crippen MR) is 247 cm³/mol. The average Bonchev–Trinajstić information content (AvgIpc) is 4.11. The van der Waals surface area contributed by atoms with E-state index in [1.807, 2.05) is 62.7 Å². The molecule has 2 unspecified atom stereocenters. The van der Waals surface area contributed by atoms with Crippen LogP contribution < -0.4 is 5.32 Å². The summed E-state index contributed by atoms with van der Waals surface area (Å²) in [4.78, 5) is 62.0. The van der Waals surface area contributed by atoms with Crippen molar-refractivity contribution in [3.63, 3.8) is 0 Å². The highest BCUT2D eigenvalue weighted by Gasteiger charge is 2.42. The molecule has 328 valence electrons. The molecule has 0 saturated carbocycles. The van der Waals surface area contributed by atoms with Crippen molar-refractivity contribution in [1.29, 1.82) is 0 Å². The van der Waals surface area contributed by atoms with Crippen LogP contribution in [0.5, 0.6) is 0 Å². The molecule has 1 N–H and O–H groups in total. The highest BCUT2D eigenvalue weighted by molar-refractivity contribution is 5.96. The van der Waals surface area contributed by atoms with E-state index in [9.17, 15) is 14.4 Å². The van der Waals surface area contributed by atoms with Crippen LogP contribution in [-0.4, -0.2) is 89.2 Å². The van der Waals surface area contributed by atoms with Crippen LogP contribution in [0.1, 0.15) is 121 Å². The maximum absolute atomic E-state index is 13.7. The van der Waals surface area contributed by atoms with Gasteiger partial charge in [-0.3, -0.25) is 29.6 Å². The van der Waals surface area contributed by atoms with Crippen LogP contribution in [0.4, 0.5) is 10.5 Å². The fraction of sp³-hybridized carbons (Fsp3) is 0.500. The van der Waals surface area contributed by atoms with Gasteiger partial charge in [-0.25, -0.2) is 4.79 Å². The summed E-state index contributed by atoms with van der Waals surface area (Å²) in [5.74, 6) is 0.244. The lowest BCUT2D eigenvalue weighted by Gasteiger charge is -2.30. The first-order chi connectivity index (χ1) is 29.7. The van der Waals surface area contributed by atoms with Crippen molar-refractivity contribution in [2.45, 2.75) is 124 Å². The van der Waals surface area contributed by atoms with Crippen molar-refractivity contribution < 1.29 is 23.9 Å². The number of pyridine rings is 1. The molecule has 62 heavy (non-hydrogen) atoms. The minimum Gasteiger partial charge on any atom is -0.453 e. The number of benzene rings is 2. The van der Waals surface area contributed by atoms with Gasteiger partial charge in [0, 0.05) is 47.8 Å². The van der Waals surface area contributed by atoms with Gasteiger partial charge < -0.3 is 24.6 Å². The fourth-order valence-corrected chi connectivity index (χ4v) is 9.59. The molecule has 7 rings (SSSR count). The van der Waals surface area contributed by atoms with Gasteiger partial charge in [-0.1, -0.05) is 52.8 Å². The first-order valence-corrected chi connectivity index (χ1v) is 22.3. The molecular formula is C50H63N7O5. The van der Waals surface area contributed by atoms with E-state index in [1.54, 1.807) is 6.20 Å². The molecule has 3 aromatic rings. The summed E-state index contributed by atoms with van der Waals surface area (Å²) in [5.41, 5.74) is 11.8. The van der Waals surface area contributed by atoms with Crippen LogP contribution in [0.3, 0.4) is 0 Å². The van der Waals surface area contributed by atoms with Gasteiger partial charge in [-0.05, 0) is 130 Å². The number of ether oxygens (including phenoxy) is 2. The van der Waals surface area contributed by atoms with Crippen molar-refractivity contribution in [3.8, 4) is 22.4 Å². The molecule has 0 radical (unpaired) electrons. The molecule has 3 fully saturated rings. The number of aliphatic imine (C=N–C) groups is 3. The Bertz CT molecular complexity index is 2300. The zero-order chi connectivity index (χ0) is 44.4. The third-order valence-corrected chi connectivity index (χ3v) is 13.5. The molecule has 12 heteroatoms. The first-order valence-electron chi connectivity index (χ1n) is 22.3. The molecule has 0 aliphatic carbocycles. The number of nitrogens with zero attached hydrogens (tertiary/aromatic N) is 6. The van der Waals surface area contributed by atoms with Crippen LogP contribution in [0, 0.1) is 24.7 Å². The second kappa shape index (κ2) is 18.9. The lowest BCUT2D eigenvalue weighted by atomic mass is 9.82. The summed E-state index contributed by atoms with van der Waals surface area (Å²) in [6.07, 6.45) is 8.52. The second-order valence-electron chi connectivity index (χ2n) is 18.1. The standard InChI is InChI=1S/C50H63N7O5/c1-28(2)31(6)48(58)56-23-11-13-41(56)32(7)52-27-40(51-9)35-16-20-39(53-26-35)37-18-17-36(45-43-21-22-44(62-43)46(37)45)34-15-19-38(30(5)25-34)54-33(8)42-14-12-24-57(42)49(59)47(29(3)4)55-50(60)61-10/h15-20,25-29,31,41-44,47H,9,11-14,21-24H2,1-8,10H3,(H,55,60)/b40-27-,52-32?,54-33?/t31-,41-,42-,43?,44?,47-/m0/s1. The van der Waals surface area contributed by atoms with Gasteiger partial charge in [0.15, 0.2) is 0 Å². The van der Waals surface area contributed by atoms with Crippen LogP contribution in [0.15, 0.2) is 69.8 Å². The number of hydrogen-bond donors (Lipinski definition) is 1. The number of carbonyl (C=O) groups is 3. The predicted octanol–water partition coefficient (Wildman–Crippen LogP) is 9.84. The number of amides is 3. The van der Waals surface area contributed by atoms with Gasteiger partial charge in [0.05, 0.1) is 54.7 Å². The quantitative estimate of drug-likeness (QED) is 0.170. The number of methoxy groups -OCH3 is 1. The Balaban J connectivity index is 1.10. The summed E-state index contributed by atoms with van der Waals surface area (Å²) in [5, 5.41) is 2.73. The van der Waals surface area contributed by atoms with E-state index in [1.165, 1.54) is 18.2 Å². The normalized spacial score (nSPS) is 22.3. The Labute approximate surface area is 367 Å². The third-order valence-electron chi connectivity index (χ3n) is 13.5. The number of alkyl carbamates (subject to hydrolysis) is 1. The minimum absolute atomic E-state index is 0.0110. The van der Waals surface area contributed by atoms with Crippen LogP contribution in [0.2, 0.25) is 0 Å². The minimum atomic E-state index is -0.675. The maximum atomic E-state index is 13.7. The molecule has 6 atom stereocenters. The summed E-state index contributed by atoms with van der Waals surface area (Å²) < 4.78 is 11.4. The fourth-order valence-electron chi connectivity index (χ4n) is 9.59. The second-order valence-corrected chi connectivity index (χ2v) is 18.1. The number of likely N-dealkylation sites (tertiary alicyclic amines) is 2. The highest BCUT2D eigenvalue weighted by atomic mass is 16.5. The van der Waals surface area contributed by atoms with E-state index in [-0.39, 0.29) is 53.9 Å². The lowest BCUT2D eigenvalue weighted by Crippen LogP contribution is -2.53. The van der Waals surface area contributed by atoms with Gasteiger partial charge in [0.2, 0.25) is 11.8 Å². The van der Waals surface area contributed by atoms with Crippen molar-refractivity contribution in [3.05, 3.63) is 77.1 Å². The number of hydrogen-bond acceptors (Lipinski definition) is 9. The molecule has 4 aliphatic rings. The van der Waals surface area contributed by atoms with Gasteiger partial charge in [0.25, 0.3) is 0 Å². The molecule has 5 heterocycles. The van der Waals surface area contributed by atoms with Crippen LogP contribution in [-0.2, 0) is 19.1 Å². The number of aryl methyl sites for hydroxylation is 1. The monoisotopic (exact) mass is 841 g/mol.